The second kappa shape index (κ2) is 7.82. The monoisotopic (exact) mass is 386 g/mol. The van der Waals surface area contributed by atoms with Gasteiger partial charge in [-0.15, -0.1) is 0 Å². The Balaban J connectivity index is 1.68. The zero-order valence-electron chi connectivity index (χ0n) is 15.5. The van der Waals surface area contributed by atoms with E-state index in [-0.39, 0.29) is 5.91 Å². The lowest BCUT2D eigenvalue weighted by molar-refractivity contribution is 0.102. The zero-order valence-corrected chi connectivity index (χ0v) is 16.3. The lowest BCUT2D eigenvalue weighted by Gasteiger charge is -2.12. The number of pyridine rings is 1. The first-order valence-electron chi connectivity index (χ1n) is 8.78. The Hall–Kier alpha value is -3.19. The molecule has 0 unspecified atom stereocenters. The fourth-order valence-electron chi connectivity index (χ4n) is 3.01. The fraction of sp³-hybridized carbons (Fsp3) is 0.0952. The van der Waals surface area contributed by atoms with Gasteiger partial charge in [0.05, 0.1) is 22.9 Å². The summed E-state index contributed by atoms with van der Waals surface area (Å²) in [5.41, 5.74) is 4.03. The Labute approximate surface area is 167 Å². The molecule has 0 saturated heterocycles. The maximum Gasteiger partial charge on any atom is 0.258 e. The highest BCUT2D eigenvalue weighted by molar-refractivity contribution is 7.22. The number of para-hydroxylation sites is 1. The van der Waals surface area contributed by atoms with Crippen molar-refractivity contribution in [3.63, 3.8) is 0 Å². The molecule has 4 aromatic rings. The molecule has 28 heavy (non-hydrogen) atoms. The molecule has 5 nitrogen and oxygen atoms in total. The molecule has 2 aromatic heterocycles. The number of aromatic nitrogens is 2. The van der Waals surface area contributed by atoms with E-state index >= 15 is 0 Å². The van der Waals surface area contributed by atoms with Crippen LogP contribution in [0, 0.1) is 0 Å². The summed E-state index contributed by atoms with van der Waals surface area (Å²) in [7, 11) is 3.64. The Morgan fingerprint density at radius 3 is 2.82 bits per heavy atom. The minimum Gasteiger partial charge on any atom is -0.496 e. The number of nitrogens with one attached hydrogen (secondary N) is 1. The first-order chi connectivity index (χ1) is 13.7. The molecule has 4 rings (SSSR count). The summed E-state index contributed by atoms with van der Waals surface area (Å²) < 4.78 is 6.47. The fourth-order valence-corrected chi connectivity index (χ4v) is 3.92. The number of nitrogens with zero attached hydrogens (tertiary/aromatic N) is 2. The molecule has 1 amide bonds. The molecule has 0 fully saturated rings. The van der Waals surface area contributed by atoms with Crippen molar-refractivity contribution in [2.45, 2.75) is 6.82 Å². The summed E-state index contributed by atoms with van der Waals surface area (Å²) in [6.07, 6.45) is 3.28. The van der Waals surface area contributed by atoms with Gasteiger partial charge in [-0.2, -0.15) is 0 Å². The van der Waals surface area contributed by atoms with Crippen LogP contribution in [-0.4, -0.2) is 30.3 Å². The number of carbonyl (C=O) groups excluding carboxylic acids is 1. The van der Waals surface area contributed by atoms with Crippen LogP contribution in [0.5, 0.6) is 5.75 Å². The molecule has 0 aliphatic heterocycles. The maximum absolute atomic E-state index is 13.0. The van der Waals surface area contributed by atoms with E-state index in [1.54, 1.807) is 25.6 Å². The van der Waals surface area contributed by atoms with Crippen LogP contribution in [0.3, 0.4) is 0 Å². The lowest BCUT2D eigenvalue weighted by Crippen LogP contribution is -2.13. The van der Waals surface area contributed by atoms with Gasteiger partial charge in [0.1, 0.15) is 13.0 Å². The summed E-state index contributed by atoms with van der Waals surface area (Å²) in [6.45, 7) is 1.99. The average molecular weight is 386 g/mol. The van der Waals surface area contributed by atoms with E-state index < -0.39 is 0 Å². The first kappa shape index (κ1) is 18.2. The second-order valence-electron chi connectivity index (χ2n) is 6.11. The smallest absolute Gasteiger partial charge is 0.258 e. The molecule has 2 heterocycles. The molecule has 137 valence electrons. The van der Waals surface area contributed by atoms with Crippen molar-refractivity contribution in [3.05, 3.63) is 66.5 Å². The van der Waals surface area contributed by atoms with Crippen LogP contribution >= 0.6 is 11.3 Å². The summed E-state index contributed by atoms with van der Waals surface area (Å²) in [5, 5.41) is 3.49. The minimum atomic E-state index is -0.232. The van der Waals surface area contributed by atoms with Gasteiger partial charge in [-0.3, -0.25) is 15.1 Å². The van der Waals surface area contributed by atoms with Crippen LogP contribution in [0.2, 0.25) is 6.82 Å². The highest BCUT2D eigenvalue weighted by atomic mass is 32.1. The number of carbonyl (C=O) groups is 1. The van der Waals surface area contributed by atoms with Gasteiger partial charge in [0, 0.05) is 23.5 Å². The van der Waals surface area contributed by atoms with Crippen LogP contribution in [-0.2, 0) is 0 Å². The normalized spacial score (nSPS) is 10.6. The molecule has 1 N–H and O–H groups in total. The summed E-state index contributed by atoms with van der Waals surface area (Å²) in [4.78, 5) is 21.7. The van der Waals surface area contributed by atoms with Crippen LogP contribution in [0.4, 0.5) is 5.13 Å². The van der Waals surface area contributed by atoms with E-state index in [9.17, 15) is 4.79 Å². The van der Waals surface area contributed by atoms with Crippen molar-refractivity contribution < 1.29 is 9.53 Å². The van der Waals surface area contributed by atoms with Crippen molar-refractivity contribution in [2.75, 3.05) is 12.4 Å². The van der Waals surface area contributed by atoms with Gasteiger partial charge in [-0.25, -0.2) is 4.98 Å². The Morgan fingerprint density at radius 1 is 1.14 bits per heavy atom. The lowest BCUT2D eigenvalue weighted by atomic mass is 9.73. The number of amides is 1. The number of anilines is 1. The van der Waals surface area contributed by atoms with Crippen molar-refractivity contribution >= 4 is 45.3 Å². The quantitative estimate of drug-likeness (QED) is 0.527. The molecule has 0 saturated carbocycles. The van der Waals surface area contributed by atoms with Crippen LogP contribution in [0.1, 0.15) is 10.4 Å². The summed E-state index contributed by atoms with van der Waals surface area (Å²) >= 11 is 1.46. The third-order valence-electron chi connectivity index (χ3n) is 4.43. The molecule has 0 spiro atoms. The topological polar surface area (TPSA) is 64.1 Å². The third kappa shape index (κ3) is 3.49. The highest BCUT2D eigenvalue weighted by Gasteiger charge is 2.17. The largest absolute Gasteiger partial charge is 0.496 e. The number of benzene rings is 2. The number of ether oxygens (including phenoxy) is 1. The van der Waals surface area contributed by atoms with Crippen molar-refractivity contribution in [3.8, 4) is 16.9 Å². The van der Waals surface area contributed by atoms with Gasteiger partial charge in [-0.05, 0) is 24.3 Å². The molecular formula is C21H17BN3O2S. The van der Waals surface area contributed by atoms with E-state index in [0.29, 0.717) is 22.0 Å². The maximum atomic E-state index is 13.0. The Morgan fingerprint density at radius 2 is 2.00 bits per heavy atom. The standard InChI is InChI=1S/C21H17BN3O2S/c1-22-13-7-8-17-19(11-13)28-21(24-17)25-20(26)15-9-10-23-12-16(15)14-5-3-4-6-18(14)27-2/h3-12H,1-2H3,(H,24,25,26). The number of methoxy groups -OCH3 is 1. The summed E-state index contributed by atoms with van der Waals surface area (Å²) in [5.74, 6) is 0.456. The van der Waals surface area contributed by atoms with Gasteiger partial charge >= 0.3 is 0 Å². The molecule has 0 bridgehead atoms. The molecular weight excluding hydrogens is 369 g/mol. The third-order valence-corrected chi connectivity index (χ3v) is 5.36. The zero-order chi connectivity index (χ0) is 19.5. The molecule has 7 heteroatoms. The van der Waals surface area contributed by atoms with Gasteiger partial charge in [-0.1, -0.05) is 47.9 Å². The van der Waals surface area contributed by atoms with Crippen molar-refractivity contribution in [1.82, 2.24) is 9.97 Å². The summed E-state index contributed by atoms with van der Waals surface area (Å²) in [6, 6.07) is 15.3. The molecule has 2 aromatic carbocycles. The number of hydrogen-bond acceptors (Lipinski definition) is 5. The van der Waals surface area contributed by atoms with E-state index in [0.717, 1.165) is 21.2 Å². The first-order valence-corrected chi connectivity index (χ1v) is 9.60. The van der Waals surface area contributed by atoms with E-state index in [2.05, 4.69) is 21.4 Å². The predicted molar refractivity (Wildman–Crippen MR) is 115 cm³/mol. The van der Waals surface area contributed by atoms with Crippen molar-refractivity contribution in [1.29, 1.82) is 0 Å². The van der Waals surface area contributed by atoms with Gasteiger partial charge < -0.3 is 4.74 Å². The number of fused-ring (bicyclic) bond motifs is 1. The average Bonchev–Trinajstić information content (AvgIpc) is 3.14. The van der Waals surface area contributed by atoms with Gasteiger partial charge in [0.25, 0.3) is 5.91 Å². The SMILES string of the molecule is C[B]c1ccc2nc(NC(=O)c3ccncc3-c3ccccc3OC)sc2c1. The number of rotatable bonds is 5. The second-order valence-corrected chi connectivity index (χ2v) is 7.14. The van der Waals surface area contributed by atoms with Gasteiger partial charge in [0.15, 0.2) is 5.13 Å². The van der Waals surface area contributed by atoms with Gasteiger partial charge in [0.2, 0.25) is 0 Å². The van der Waals surface area contributed by atoms with Crippen LogP contribution in [0.25, 0.3) is 21.3 Å². The number of hydrogen-bond donors (Lipinski definition) is 1. The minimum absolute atomic E-state index is 0.232. The van der Waals surface area contributed by atoms with E-state index in [1.165, 1.54) is 11.3 Å². The van der Waals surface area contributed by atoms with Crippen LogP contribution in [0.15, 0.2) is 60.9 Å². The van der Waals surface area contributed by atoms with Crippen LogP contribution < -0.4 is 15.5 Å². The van der Waals surface area contributed by atoms with Crippen molar-refractivity contribution in [2.24, 2.45) is 0 Å². The highest BCUT2D eigenvalue weighted by Crippen LogP contribution is 2.32. The number of thiazole rings is 1. The molecule has 0 aliphatic rings. The Bertz CT molecular complexity index is 1160. The predicted octanol–water partition coefficient (Wildman–Crippen LogP) is 4.00. The molecule has 0 atom stereocenters. The van der Waals surface area contributed by atoms with E-state index in [4.69, 9.17) is 4.74 Å². The molecule has 0 aliphatic carbocycles. The Kier molecular flexibility index (Phi) is 5.08. The molecule has 1 radical (unpaired) electrons. The van der Waals surface area contributed by atoms with E-state index in [1.807, 2.05) is 50.5 Å².